The van der Waals surface area contributed by atoms with Gasteiger partial charge in [-0.25, -0.2) is 4.79 Å². The number of benzene rings is 2. The molecule has 2 aromatic carbocycles. The summed E-state index contributed by atoms with van der Waals surface area (Å²) >= 11 is 12.0. The lowest BCUT2D eigenvalue weighted by Crippen LogP contribution is -2.33. The zero-order chi connectivity index (χ0) is 22.7. The van der Waals surface area contributed by atoms with Gasteiger partial charge in [0.05, 0.1) is 21.8 Å². The fourth-order valence-corrected chi connectivity index (χ4v) is 4.31. The van der Waals surface area contributed by atoms with Gasteiger partial charge in [-0.2, -0.15) is 0 Å². The largest absolute Gasteiger partial charge is 0.452 e. The molecule has 0 saturated carbocycles. The number of rotatable bonds is 6. The van der Waals surface area contributed by atoms with E-state index < -0.39 is 18.5 Å². The molecule has 1 aliphatic rings. The number of amides is 1. The highest BCUT2D eigenvalue weighted by Gasteiger charge is 2.26. The molecule has 1 amide bonds. The number of halogens is 2. The highest BCUT2D eigenvalue weighted by atomic mass is 35.5. The number of anilines is 1. The van der Waals surface area contributed by atoms with Crippen LogP contribution in [0.1, 0.15) is 35.0 Å². The Bertz CT molecular complexity index is 1180. The SMILES string of the molecule is CCCN1CCc2nc3ccccc3c(C(=O)OCC(=O)Nc3cc(Cl)ccc3Cl)c2C1. The van der Waals surface area contributed by atoms with Crippen LogP contribution >= 0.6 is 23.2 Å². The van der Waals surface area contributed by atoms with Crippen LogP contribution in [0.2, 0.25) is 10.0 Å². The third-order valence-electron chi connectivity index (χ3n) is 5.41. The quantitative estimate of drug-likeness (QED) is 0.506. The van der Waals surface area contributed by atoms with Crippen LogP contribution < -0.4 is 5.32 Å². The number of carbonyl (C=O) groups is 2. The summed E-state index contributed by atoms with van der Waals surface area (Å²) in [6.07, 6.45) is 1.80. The number of nitrogens with one attached hydrogen (secondary N) is 1. The van der Waals surface area contributed by atoms with Crippen molar-refractivity contribution >= 4 is 51.7 Å². The Kier molecular flexibility index (Phi) is 6.94. The summed E-state index contributed by atoms with van der Waals surface area (Å²) in [7, 11) is 0. The number of para-hydroxylation sites is 1. The molecule has 8 heteroatoms. The third-order valence-corrected chi connectivity index (χ3v) is 5.97. The van der Waals surface area contributed by atoms with Gasteiger partial charge in [-0.3, -0.25) is 14.7 Å². The van der Waals surface area contributed by atoms with E-state index in [-0.39, 0.29) is 0 Å². The minimum atomic E-state index is -0.537. The maximum Gasteiger partial charge on any atom is 0.339 e. The van der Waals surface area contributed by atoms with Gasteiger partial charge in [0.1, 0.15) is 0 Å². The van der Waals surface area contributed by atoms with Crippen molar-refractivity contribution in [3.8, 4) is 0 Å². The number of hydrogen-bond donors (Lipinski definition) is 1. The molecule has 32 heavy (non-hydrogen) atoms. The van der Waals surface area contributed by atoms with E-state index in [0.717, 1.165) is 48.1 Å². The molecule has 2 heterocycles. The third kappa shape index (κ3) is 4.88. The second-order valence-corrected chi connectivity index (χ2v) is 8.55. The van der Waals surface area contributed by atoms with Crippen molar-refractivity contribution in [1.82, 2.24) is 9.88 Å². The molecule has 0 unspecified atom stereocenters. The molecule has 0 saturated heterocycles. The Balaban J connectivity index is 1.57. The molecule has 1 aromatic heterocycles. The van der Waals surface area contributed by atoms with Crippen LogP contribution in [0.3, 0.4) is 0 Å². The number of hydrogen-bond acceptors (Lipinski definition) is 5. The smallest absolute Gasteiger partial charge is 0.339 e. The van der Waals surface area contributed by atoms with Gasteiger partial charge in [0, 0.05) is 41.2 Å². The second-order valence-electron chi connectivity index (χ2n) is 7.70. The molecular weight excluding hydrogens is 449 g/mol. The van der Waals surface area contributed by atoms with E-state index in [1.54, 1.807) is 18.2 Å². The Morgan fingerprint density at radius 3 is 2.81 bits per heavy atom. The maximum absolute atomic E-state index is 13.2. The molecule has 0 bridgehead atoms. The Morgan fingerprint density at radius 1 is 1.19 bits per heavy atom. The summed E-state index contributed by atoms with van der Waals surface area (Å²) in [6.45, 7) is 4.18. The molecule has 0 radical (unpaired) electrons. The van der Waals surface area contributed by atoms with Crippen LogP contribution in [0.4, 0.5) is 5.69 Å². The molecule has 6 nitrogen and oxygen atoms in total. The molecule has 0 aliphatic carbocycles. The van der Waals surface area contributed by atoms with E-state index in [4.69, 9.17) is 32.9 Å². The summed E-state index contributed by atoms with van der Waals surface area (Å²) in [5, 5.41) is 4.14. The molecule has 1 aliphatic heterocycles. The van der Waals surface area contributed by atoms with E-state index in [0.29, 0.717) is 27.8 Å². The van der Waals surface area contributed by atoms with Gasteiger partial charge in [-0.1, -0.05) is 48.3 Å². The number of esters is 1. The van der Waals surface area contributed by atoms with E-state index in [2.05, 4.69) is 17.1 Å². The molecule has 0 atom stereocenters. The normalized spacial score (nSPS) is 13.6. The highest BCUT2D eigenvalue weighted by molar-refractivity contribution is 6.35. The number of aromatic nitrogens is 1. The summed E-state index contributed by atoms with van der Waals surface area (Å²) < 4.78 is 5.43. The summed E-state index contributed by atoms with van der Waals surface area (Å²) in [5.41, 5.74) is 3.39. The lowest BCUT2D eigenvalue weighted by molar-refractivity contribution is -0.119. The first-order chi connectivity index (χ1) is 15.5. The van der Waals surface area contributed by atoms with E-state index >= 15 is 0 Å². The lowest BCUT2D eigenvalue weighted by atomic mass is 9.95. The molecular formula is C24H23Cl2N3O3. The second kappa shape index (κ2) is 9.86. The van der Waals surface area contributed by atoms with Crippen LogP contribution in [0.25, 0.3) is 10.9 Å². The topological polar surface area (TPSA) is 71.5 Å². The number of fused-ring (bicyclic) bond motifs is 2. The van der Waals surface area contributed by atoms with E-state index in [1.165, 1.54) is 0 Å². The van der Waals surface area contributed by atoms with Gasteiger partial charge in [0.15, 0.2) is 6.61 Å². The average molecular weight is 472 g/mol. The van der Waals surface area contributed by atoms with Crippen molar-refractivity contribution in [3.63, 3.8) is 0 Å². The van der Waals surface area contributed by atoms with Gasteiger partial charge in [0.25, 0.3) is 5.91 Å². The fraction of sp³-hybridized carbons (Fsp3) is 0.292. The van der Waals surface area contributed by atoms with Crippen LogP contribution in [0.15, 0.2) is 42.5 Å². The van der Waals surface area contributed by atoms with E-state index in [9.17, 15) is 9.59 Å². The molecule has 4 rings (SSSR count). The standard InChI is InChI=1S/C24H23Cl2N3O3/c1-2-10-29-11-9-20-17(13-29)23(16-5-3-4-6-19(16)27-20)24(31)32-14-22(30)28-21-12-15(25)7-8-18(21)26/h3-8,12H,2,9-11,13-14H2,1H3,(H,28,30). The fourth-order valence-electron chi connectivity index (χ4n) is 3.97. The number of ether oxygens (including phenoxy) is 1. The minimum absolute atomic E-state index is 0.347. The first-order valence-corrected chi connectivity index (χ1v) is 11.3. The first-order valence-electron chi connectivity index (χ1n) is 10.5. The first kappa shape index (κ1) is 22.5. The number of nitrogens with zero attached hydrogens (tertiary/aromatic N) is 2. The Labute approximate surface area is 196 Å². The van der Waals surface area contributed by atoms with Gasteiger partial charge >= 0.3 is 5.97 Å². The summed E-state index contributed by atoms with van der Waals surface area (Å²) in [6, 6.07) is 12.3. The van der Waals surface area contributed by atoms with Crippen molar-refractivity contribution in [2.75, 3.05) is 25.0 Å². The highest BCUT2D eigenvalue weighted by Crippen LogP contribution is 2.29. The Hall–Kier alpha value is -2.67. The zero-order valence-electron chi connectivity index (χ0n) is 17.7. The predicted molar refractivity (Wildman–Crippen MR) is 126 cm³/mol. The summed E-state index contributed by atoms with van der Waals surface area (Å²) in [4.78, 5) is 32.7. The van der Waals surface area contributed by atoms with Crippen LogP contribution in [0, 0.1) is 0 Å². The van der Waals surface area contributed by atoms with Gasteiger partial charge < -0.3 is 10.1 Å². The summed E-state index contributed by atoms with van der Waals surface area (Å²) in [5.74, 6) is -1.03. The molecule has 0 fully saturated rings. The maximum atomic E-state index is 13.2. The van der Waals surface area contributed by atoms with Crippen molar-refractivity contribution in [2.45, 2.75) is 26.3 Å². The van der Waals surface area contributed by atoms with Gasteiger partial charge in [-0.05, 0) is 37.2 Å². The van der Waals surface area contributed by atoms with Crippen molar-refractivity contribution < 1.29 is 14.3 Å². The minimum Gasteiger partial charge on any atom is -0.452 e. The molecule has 166 valence electrons. The molecule has 3 aromatic rings. The van der Waals surface area contributed by atoms with Crippen molar-refractivity contribution in [1.29, 1.82) is 0 Å². The van der Waals surface area contributed by atoms with Crippen LogP contribution in [-0.4, -0.2) is 41.5 Å². The molecule has 0 spiro atoms. The van der Waals surface area contributed by atoms with Crippen molar-refractivity contribution in [2.24, 2.45) is 0 Å². The number of carbonyl (C=O) groups excluding carboxylic acids is 2. The van der Waals surface area contributed by atoms with Crippen LogP contribution in [-0.2, 0) is 22.5 Å². The molecule has 1 N–H and O–H groups in total. The lowest BCUT2D eigenvalue weighted by Gasteiger charge is -2.29. The number of pyridine rings is 1. The van der Waals surface area contributed by atoms with Crippen molar-refractivity contribution in [3.05, 3.63) is 69.3 Å². The predicted octanol–water partition coefficient (Wildman–Crippen LogP) is 5.11. The average Bonchev–Trinajstić information content (AvgIpc) is 2.78. The monoisotopic (exact) mass is 471 g/mol. The van der Waals surface area contributed by atoms with Gasteiger partial charge in [0.2, 0.25) is 0 Å². The van der Waals surface area contributed by atoms with E-state index in [1.807, 2.05) is 24.3 Å². The van der Waals surface area contributed by atoms with Gasteiger partial charge in [-0.15, -0.1) is 0 Å². The zero-order valence-corrected chi connectivity index (χ0v) is 19.2. The van der Waals surface area contributed by atoms with Crippen LogP contribution in [0.5, 0.6) is 0 Å². The Morgan fingerprint density at radius 2 is 2.00 bits per heavy atom.